The Morgan fingerprint density at radius 2 is 2.04 bits per heavy atom. The van der Waals surface area contributed by atoms with E-state index in [1.54, 1.807) is 26.2 Å². The molecule has 1 aromatic rings. The number of benzene rings is 1. The number of likely N-dealkylation sites (N-methyl/N-ethyl adjacent to an activating group) is 1. The first kappa shape index (κ1) is 25.4. The topological polar surface area (TPSA) is 66.0 Å². The smallest absolute Gasteiger partial charge is 0.243 e. The summed E-state index contributed by atoms with van der Waals surface area (Å²) in [6.45, 7) is 5.47. The quantitative estimate of drug-likeness (QED) is 0.227. The van der Waals surface area contributed by atoms with Gasteiger partial charge in [0.15, 0.2) is 5.96 Å². The van der Waals surface area contributed by atoms with Gasteiger partial charge in [0.1, 0.15) is 24.2 Å². The average molecular weight is 494 g/mol. The van der Waals surface area contributed by atoms with Crippen LogP contribution in [-0.2, 0) is 4.79 Å². The van der Waals surface area contributed by atoms with Crippen LogP contribution in [0.4, 0.5) is 4.39 Å². The predicted molar refractivity (Wildman–Crippen MR) is 118 cm³/mol. The van der Waals surface area contributed by atoms with Crippen LogP contribution in [0.1, 0.15) is 33.1 Å². The van der Waals surface area contributed by atoms with Gasteiger partial charge in [-0.2, -0.15) is 0 Å². The summed E-state index contributed by atoms with van der Waals surface area (Å²) in [6, 6.07) is 6.11. The fourth-order valence-corrected chi connectivity index (χ4v) is 2.06. The number of nitrogens with zero attached hydrogens (tertiary/aromatic N) is 2. The minimum Gasteiger partial charge on any atom is -0.489 e. The minimum absolute atomic E-state index is 0. The maximum atomic E-state index is 13.3. The minimum atomic E-state index is -0.323. The van der Waals surface area contributed by atoms with Gasteiger partial charge in [-0.3, -0.25) is 4.79 Å². The van der Waals surface area contributed by atoms with Crippen LogP contribution in [0.3, 0.4) is 0 Å². The molecule has 0 aliphatic carbocycles. The fourth-order valence-electron chi connectivity index (χ4n) is 2.06. The Bertz CT molecular complexity index is 585. The highest BCUT2D eigenvalue weighted by atomic mass is 127. The molecular weight excluding hydrogens is 462 g/mol. The lowest BCUT2D eigenvalue weighted by molar-refractivity contribution is -0.127. The van der Waals surface area contributed by atoms with Crippen molar-refractivity contribution in [2.24, 2.45) is 4.99 Å². The lowest BCUT2D eigenvalue weighted by Crippen LogP contribution is -2.43. The summed E-state index contributed by atoms with van der Waals surface area (Å²) in [5, 5.41) is 6.43. The Morgan fingerprint density at radius 1 is 1.30 bits per heavy atom. The molecule has 8 heteroatoms. The van der Waals surface area contributed by atoms with E-state index in [-0.39, 0.29) is 48.3 Å². The van der Waals surface area contributed by atoms with Crippen molar-refractivity contribution in [3.05, 3.63) is 30.1 Å². The first-order chi connectivity index (χ1) is 12.5. The van der Waals surface area contributed by atoms with Crippen LogP contribution < -0.4 is 15.4 Å². The summed E-state index contributed by atoms with van der Waals surface area (Å²) in [4.78, 5) is 17.6. The van der Waals surface area contributed by atoms with E-state index in [9.17, 15) is 9.18 Å². The molecular formula is C19H32FIN4O2. The number of amides is 1. The summed E-state index contributed by atoms with van der Waals surface area (Å²) in [6.07, 6.45) is 2.69. The summed E-state index contributed by atoms with van der Waals surface area (Å²) >= 11 is 0. The van der Waals surface area contributed by atoms with Crippen molar-refractivity contribution in [1.82, 2.24) is 15.5 Å². The fraction of sp³-hybridized carbons (Fsp3) is 0.579. The van der Waals surface area contributed by atoms with Crippen LogP contribution in [0.25, 0.3) is 0 Å². The Labute approximate surface area is 179 Å². The number of unbranched alkanes of at least 4 members (excludes halogenated alkanes) is 1. The van der Waals surface area contributed by atoms with Gasteiger partial charge >= 0.3 is 0 Å². The van der Waals surface area contributed by atoms with Crippen LogP contribution >= 0.6 is 24.0 Å². The van der Waals surface area contributed by atoms with Crippen LogP contribution in [0.2, 0.25) is 0 Å². The number of aliphatic imine (C=N–C) groups is 1. The molecule has 1 amide bonds. The van der Waals surface area contributed by atoms with E-state index in [0.29, 0.717) is 18.3 Å². The SMILES string of the molecule is CCCCNC(=NCC(=O)N(C)C)NCC(CC)Oc1cccc(F)c1.I. The van der Waals surface area contributed by atoms with E-state index in [1.807, 2.05) is 6.92 Å². The zero-order valence-corrected chi connectivity index (χ0v) is 19.0. The maximum Gasteiger partial charge on any atom is 0.243 e. The first-order valence-corrected chi connectivity index (χ1v) is 9.10. The molecule has 0 heterocycles. The molecule has 1 atom stereocenters. The third-order valence-electron chi connectivity index (χ3n) is 3.75. The van der Waals surface area contributed by atoms with Crippen LogP contribution in [0.5, 0.6) is 5.75 Å². The Hall–Kier alpha value is -1.58. The van der Waals surface area contributed by atoms with Crippen molar-refractivity contribution in [3.63, 3.8) is 0 Å². The van der Waals surface area contributed by atoms with E-state index in [4.69, 9.17) is 4.74 Å². The van der Waals surface area contributed by atoms with Crippen molar-refractivity contribution in [2.45, 2.75) is 39.2 Å². The third-order valence-corrected chi connectivity index (χ3v) is 3.75. The molecule has 0 aliphatic heterocycles. The largest absolute Gasteiger partial charge is 0.489 e. The molecule has 0 saturated carbocycles. The number of guanidine groups is 1. The van der Waals surface area contributed by atoms with E-state index in [1.165, 1.54) is 17.0 Å². The van der Waals surface area contributed by atoms with Crippen LogP contribution in [0, 0.1) is 5.82 Å². The van der Waals surface area contributed by atoms with Gasteiger partial charge in [-0.1, -0.05) is 26.3 Å². The molecule has 0 saturated heterocycles. The van der Waals surface area contributed by atoms with Gasteiger partial charge in [0.2, 0.25) is 5.91 Å². The van der Waals surface area contributed by atoms with Crippen molar-refractivity contribution < 1.29 is 13.9 Å². The van der Waals surface area contributed by atoms with Crippen molar-refractivity contribution in [2.75, 3.05) is 33.7 Å². The summed E-state index contributed by atoms with van der Waals surface area (Å²) in [7, 11) is 3.41. The second-order valence-electron chi connectivity index (χ2n) is 6.22. The molecule has 0 bridgehead atoms. The molecule has 6 nitrogen and oxygen atoms in total. The monoisotopic (exact) mass is 494 g/mol. The third kappa shape index (κ3) is 11.0. The number of rotatable bonds is 10. The van der Waals surface area contributed by atoms with Gasteiger partial charge in [0, 0.05) is 26.7 Å². The molecule has 0 radical (unpaired) electrons. The van der Waals surface area contributed by atoms with E-state index in [0.717, 1.165) is 25.8 Å². The number of nitrogens with one attached hydrogen (secondary N) is 2. The lowest BCUT2D eigenvalue weighted by Gasteiger charge is -2.20. The number of halogens is 2. The molecule has 27 heavy (non-hydrogen) atoms. The normalized spacial score (nSPS) is 12.0. The number of hydrogen-bond donors (Lipinski definition) is 2. The predicted octanol–water partition coefficient (Wildman–Crippen LogP) is 3.02. The Balaban J connectivity index is 0.00000676. The lowest BCUT2D eigenvalue weighted by atomic mass is 10.2. The maximum absolute atomic E-state index is 13.3. The number of carbonyl (C=O) groups excluding carboxylic acids is 1. The molecule has 2 N–H and O–H groups in total. The molecule has 154 valence electrons. The summed E-state index contributed by atoms with van der Waals surface area (Å²) in [5.74, 6) is 0.689. The van der Waals surface area contributed by atoms with Gasteiger partial charge in [-0.15, -0.1) is 24.0 Å². The summed E-state index contributed by atoms with van der Waals surface area (Å²) in [5.41, 5.74) is 0. The van der Waals surface area contributed by atoms with E-state index >= 15 is 0 Å². The van der Waals surface area contributed by atoms with Crippen LogP contribution in [0.15, 0.2) is 29.3 Å². The van der Waals surface area contributed by atoms with Crippen LogP contribution in [-0.4, -0.2) is 56.6 Å². The van der Waals surface area contributed by atoms with Gasteiger partial charge in [-0.05, 0) is 25.0 Å². The van der Waals surface area contributed by atoms with E-state index < -0.39 is 0 Å². The van der Waals surface area contributed by atoms with Gasteiger partial charge in [0.25, 0.3) is 0 Å². The second kappa shape index (κ2) is 14.5. The number of ether oxygens (including phenoxy) is 1. The van der Waals surface area contributed by atoms with Gasteiger partial charge < -0.3 is 20.3 Å². The van der Waals surface area contributed by atoms with Crippen molar-refractivity contribution in [3.8, 4) is 5.75 Å². The standard InChI is InChI=1S/C19H31FN4O2.HI/c1-5-7-11-21-19(23-14-18(25)24(3)4)22-13-16(6-2)26-17-10-8-9-15(20)12-17;/h8-10,12,16H,5-7,11,13-14H2,1-4H3,(H2,21,22,23);1H. The first-order valence-electron chi connectivity index (χ1n) is 9.10. The van der Waals surface area contributed by atoms with Crippen molar-refractivity contribution in [1.29, 1.82) is 0 Å². The van der Waals surface area contributed by atoms with Gasteiger partial charge in [-0.25, -0.2) is 9.38 Å². The Morgan fingerprint density at radius 3 is 2.63 bits per heavy atom. The molecule has 1 unspecified atom stereocenters. The highest BCUT2D eigenvalue weighted by Crippen LogP contribution is 2.14. The molecule has 1 rings (SSSR count). The molecule has 0 spiro atoms. The molecule has 0 aliphatic rings. The number of carbonyl (C=O) groups is 1. The second-order valence-corrected chi connectivity index (χ2v) is 6.22. The highest BCUT2D eigenvalue weighted by Gasteiger charge is 2.11. The number of hydrogen-bond acceptors (Lipinski definition) is 3. The van der Waals surface area contributed by atoms with E-state index in [2.05, 4.69) is 22.5 Å². The molecule has 0 aromatic heterocycles. The molecule has 1 aromatic carbocycles. The zero-order valence-electron chi connectivity index (χ0n) is 16.6. The van der Waals surface area contributed by atoms with Crippen molar-refractivity contribution >= 4 is 35.8 Å². The van der Waals surface area contributed by atoms with Gasteiger partial charge in [0.05, 0.1) is 6.54 Å². The molecule has 0 fully saturated rings. The zero-order chi connectivity index (χ0) is 19.4. The summed E-state index contributed by atoms with van der Waals surface area (Å²) < 4.78 is 19.1. The highest BCUT2D eigenvalue weighted by molar-refractivity contribution is 14.0. The Kier molecular flexibility index (Phi) is 13.6. The average Bonchev–Trinajstić information content (AvgIpc) is 2.62.